The molecule has 3 nitrogen and oxygen atoms in total. The van der Waals surface area contributed by atoms with Gasteiger partial charge in [-0.3, -0.25) is 4.79 Å². The van der Waals surface area contributed by atoms with E-state index >= 15 is 0 Å². The number of rotatable bonds is 6. The average molecular weight is 270 g/mol. The van der Waals surface area contributed by atoms with Crippen LogP contribution in [0.3, 0.4) is 0 Å². The number of nitrogens with one attached hydrogen (secondary N) is 1. The van der Waals surface area contributed by atoms with Crippen LogP contribution in [0.5, 0.6) is 0 Å². The van der Waals surface area contributed by atoms with Crippen LogP contribution in [-0.4, -0.2) is 26.2 Å². The smallest absolute Gasteiger partial charge is 0.230 e. The van der Waals surface area contributed by atoms with Gasteiger partial charge in [0.15, 0.2) is 0 Å². The lowest BCUT2D eigenvalue weighted by Gasteiger charge is -2.24. The first kappa shape index (κ1) is 15.0. The molecule has 18 heavy (non-hydrogen) atoms. The highest BCUT2D eigenvalue weighted by Gasteiger charge is 2.29. The Kier molecular flexibility index (Phi) is 5.63. The highest BCUT2D eigenvalue weighted by atomic mass is 35.5. The van der Waals surface area contributed by atoms with E-state index in [-0.39, 0.29) is 5.91 Å². The Hall–Kier alpha value is -1.06. The summed E-state index contributed by atoms with van der Waals surface area (Å²) < 4.78 is 4.94. The molecule has 0 aliphatic carbocycles. The van der Waals surface area contributed by atoms with E-state index in [0.29, 0.717) is 18.2 Å². The van der Waals surface area contributed by atoms with E-state index in [4.69, 9.17) is 16.3 Å². The molecular formula is C14H20ClNO2. The fraction of sp³-hybridized carbons (Fsp3) is 0.500. The number of benzene rings is 1. The molecule has 1 amide bonds. The number of carbonyl (C=O) groups is 1. The van der Waals surface area contributed by atoms with Crippen LogP contribution in [0, 0.1) is 0 Å². The molecule has 0 spiro atoms. The van der Waals surface area contributed by atoms with Crippen LogP contribution < -0.4 is 5.32 Å². The Bertz CT molecular complexity index is 405. The number of hydrogen-bond acceptors (Lipinski definition) is 2. The summed E-state index contributed by atoms with van der Waals surface area (Å²) >= 11 is 5.95. The second-order valence-electron chi connectivity index (χ2n) is 4.74. The van der Waals surface area contributed by atoms with Gasteiger partial charge in [-0.2, -0.15) is 0 Å². The maximum atomic E-state index is 12.1. The first-order valence-electron chi connectivity index (χ1n) is 6.01. The van der Waals surface area contributed by atoms with Gasteiger partial charge in [0.1, 0.15) is 0 Å². The van der Waals surface area contributed by atoms with Crippen molar-refractivity contribution in [3.05, 3.63) is 34.9 Å². The van der Waals surface area contributed by atoms with Crippen molar-refractivity contribution >= 4 is 17.5 Å². The van der Waals surface area contributed by atoms with Crippen LogP contribution in [-0.2, 0) is 14.9 Å². The lowest BCUT2D eigenvalue weighted by molar-refractivity contribution is -0.125. The number of methoxy groups -OCH3 is 1. The van der Waals surface area contributed by atoms with Crippen molar-refractivity contribution in [2.24, 2.45) is 0 Å². The highest BCUT2D eigenvalue weighted by Crippen LogP contribution is 2.25. The molecule has 0 heterocycles. The molecule has 1 N–H and O–H groups in total. The summed E-state index contributed by atoms with van der Waals surface area (Å²) in [5.41, 5.74) is 0.331. The van der Waals surface area contributed by atoms with E-state index in [1.165, 1.54) is 0 Å². The summed E-state index contributed by atoms with van der Waals surface area (Å²) in [7, 11) is 1.65. The van der Waals surface area contributed by atoms with Crippen LogP contribution in [0.1, 0.15) is 25.8 Å². The van der Waals surface area contributed by atoms with E-state index in [1.807, 2.05) is 32.0 Å². The second-order valence-corrected chi connectivity index (χ2v) is 5.17. The molecule has 0 aromatic heterocycles. The number of amides is 1. The number of halogens is 1. The zero-order valence-corrected chi connectivity index (χ0v) is 11.9. The van der Waals surface area contributed by atoms with Crippen molar-refractivity contribution in [2.45, 2.75) is 25.7 Å². The molecule has 1 rings (SSSR count). The Morgan fingerprint density at radius 2 is 2.17 bits per heavy atom. The standard InChI is InChI=1S/C14H20ClNO2/c1-14(2,11-6-4-7-12(15)10-11)13(17)16-8-5-9-18-3/h4,6-7,10H,5,8-9H2,1-3H3,(H,16,17). The molecule has 4 heteroatoms. The summed E-state index contributed by atoms with van der Waals surface area (Å²) in [6.45, 7) is 5.06. The van der Waals surface area contributed by atoms with Gasteiger partial charge in [0, 0.05) is 25.3 Å². The molecule has 1 aromatic carbocycles. The lowest BCUT2D eigenvalue weighted by atomic mass is 9.84. The summed E-state index contributed by atoms with van der Waals surface area (Å²) in [6.07, 6.45) is 0.813. The molecule has 0 fully saturated rings. The van der Waals surface area contributed by atoms with Gasteiger partial charge in [-0.1, -0.05) is 23.7 Å². The van der Waals surface area contributed by atoms with Crippen molar-refractivity contribution in [1.82, 2.24) is 5.32 Å². The van der Waals surface area contributed by atoms with E-state index < -0.39 is 5.41 Å². The van der Waals surface area contributed by atoms with Gasteiger partial charge in [0.05, 0.1) is 5.41 Å². The third-order valence-electron chi connectivity index (χ3n) is 2.92. The quantitative estimate of drug-likeness (QED) is 0.807. The molecule has 0 aliphatic heterocycles. The molecule has 0 atom stereocenters. The minimum Gasteiger partial charge on any atom is -0.385 e. The van der Waals surface area contributed by atoms with Gasteiger partial charge in [0.25, 0.3) is 0 Å². The summed E-state index contributed by atoms with van der Waals surface area (Å²) in [5.74, 6) is 0.000805. The molecule has 1 aromatic rings. The van der Waals surface area contributed by atoms with E-state index in [2.05, 4.69) is 5.32 Å². The largest absolute Gasteiger partial charge is 0.385 e. The SMILES string of the molecule is COCCCNC(=O)C(C)(C)c1cccc(Cl)c1. The molecule has 0 aliphatic rings. The first-order valence-corrected chi connectivity index (χ1v) is 6.39. The number of hydrogen-bond donors (Lipinski definition) is 1. The van der Waals surface area contributed by atoms with Gasteiger partial charge in [0.2, 0.25) is 5.91 Å². The first-order chi connectivity index (χ1) is 8.48. The minimum absolute atomic E-state index is 0.000805. The summed E-state index contributed by atoms with van der Waals surface area (Å²) in [6, 6.07) is 7.41. The molecule has 0 saturated carbocycles. The molecule has 0 saturated heterocycles. The van der Waals surface area contributed by atoms with Crippen molar-refractivity contribution < 1.29 is 9.53 Å². The molecular weight excluding hydrogens is 250 g/mol. The predicted octanol–water partition coefficient (Wildman–Crippen LogP) is 2.77. The van der Waals surface area contributed by atoms with Crippen LogP contribution in [0.4, 0.5) is 0 Å². The average Bonchev–Trinajstić information content (AvgIpc) is 2.34. The highest BCUT2D eigenvalue weighted by molar-refractivity contribution is 6.30. The van der Waals surface area contributed by atoms with Gasteiger partial charge < -0.3 is 10.1 Å². The summed E-state index contributed by atoms with van der Waals surface area (Å²) in [4.78, 5) is 12.1. The molecule has 0 bridgehead atoms. The predicted molar refractivity (Wildman–Crippen MR) is 74.0 cm³/mol. The molecule has 100 valence electrons. The normalized spacial score (nSPS) is 11.3. The fourth-order valence-electron chi connectivity index (χ4n) is 1.65. The maximum Gasteiger partial charge on any atom is 0.230 e. The van der Waals surface area contributed by atoms with Crippen LogP contribution >= 0.6 is 11.6 Å². The Morgan fingerprint density at radius 1 is 1.44 bits per heavy atom. The third kappa shape index (κ3) is 4.00. The third-order valence-corrected chi connectivity index (χ3v) is 3.16. The van der Waals surface area contributed by atoms with E-state index in [9.17, 15) is 4.79 Å². The van der Waals surface area contributed by atoms with Gasteiger partial charge in [-0.25, -0.2) is 0 Å². The van der Waals surface area contributed by atoms with E-state index in [0.717, 1.165) is 12.0 Å². The number of carbonyl (C=O) groups excluding carboxylic acids is 1. The molecule has 0 unspecified atom stereocenters. The van der Waals surface area contributed by atoms with Crippen molar-refractivity contribution in [3.8, 4) is 0 Å². The minimum atomic E-state index is -0.585. The lowest BCUT2D eigenvalue weighted by Crippen LogP contribution is -2.40. The summed E-state index contributed by atoms with van der Waals surface area (Å²) in [5, 5.41) is 3.56. The Morgan fingerprint density at radius 3 is 2.78 bits per heavy atom. The van der Waals surface area contributed by atoms with Crippen LogP contribution in [0.25, 0.3) is 0 Å². The monoisotopic (exact) mass is 269 g/mol. The topological polar surface area (TPSA) is 38.3 Å². The fourth-order valence-corrected chi connectivity index (χ4v) is 1.84. The van der Waals surface area contributed by atoms with Crippen LogP contribution in [0.15, 0.2) is 24.3 Å². The van der Waals surface area contributed by atoms with Crippen molar-refractivity contribution in [2.75, 3.05) is 20.3 Å². The van der Waals surface area contributed by atoms with Crippen LogP contribution in [0.2, 0.25) is 5.02 Å². The molecule has 0 radical (unpaired) electrons. The second kappa shape index (κ2) is 6.76. The number of ether oxygens (including phenoxy) is 1. The maximum absolute atomic E-state index is 12.1. The van der Waals surface area contributed by atoms with Gasteiger partial charge >= 0.3 is 0 Å². The Labute approximate surface area is 113 Å². The van der Waals surface area contributed by atoms with Crippen molar-refractivity contribution in [3.63, 3.8) is 0 Å². The van der Waals surface area contributed by atoms with Gasteiger partial charge in [-0.05, 0) is 38.0 Å². The van der Waals surface area contributed by atoms with E-state index in [1.54, 1.807) is 13.2 Å². The Balaban J connectivity index is 2.65. The van der Waals surface area contributed by atoms with Gasteiger partial charge in [-0.15, -0.1) is 0 Å². The zero-order valence-electron chi connectivity index (χ0n) is 11.1. The zero-order chi connectivity index (χ0) is 13.6. The van der Waals surface area contributed by atoms with Crippen molar-refractivity contribution in [1.29, 1.82) is 0 Å².